The van der Waals surface area contributed by atoms with Crippen LogP contribution < -0.4 is 9.88 Å². The van der Waals surface area contributed by atoms with Gasteiger partial charge in [-0.2, -0.15) is 0 Å². The van der Waals surface area contributed by atoms with E-state index in [2.05, 4.69) is 0 Å². The Morgan fingerprint density at radius 1 is 0.800 bits per heavy atom. The molecule has 0 radical (unpaired) electrons. The fourth-order valence-corrected chi connectivity index (χ4v) is 5.10. The molecule has 0 heterocycles. The number of benzene rings is 1. The molecular weight excluding hydrogens is 509 g/mol. The van der Waals surface area contributed by atoms with E-state index in [-0.39, 0.29) is 26.5 Å². The molecule has 0 aliphatic heterocycles. The van der Waals surface area contributed by atoms with Crippen LogP contribution >= 0.6 is 23.2 Å². The summed E-state index contributed by atoms with van der Waals surface area (Å²) in [5.41, 5.74) is -0.385. The van der Waals surface area contributed by atoms with Gasteiger partial charge in [-0.15, -0.1) is 0 Å². The van der Waals surface area contributed by atoms with Crippen LogP contribution in [0.15, 0.2) is 17.0 Å². The third-order valence-electron chi connectivity index (χ3n) is 5.52. The van der Waals surface area contributed by atoms with Gasteiger partial charge in [-0.1, -0.05) is 93.8 Å². The first-order valence-corrected chi connectivity index (χ1v) is 15.1. The lowest BCUT2D eigenvalue weighted by molar-refractivity contribution is -0.154. The zero-order valence-corrected chi connectivity index (χ0v) is 23.9. The molecule has 0 amide bonds. The summed E-state index contributed by atoms with van der Waals surface area (Å²) < 4.78 is 33.9. The smallest absolute Gasteiger partial charge is 0.306 e. The van der Waals surface area contributed by atoms with Crippen LogP contribution in [0.25, 0.3) is 0 Å². The third kappa shape index (κ3) is 15.0. The van der Waals surface area contributed by atoms with Crippen LogP contribution in [0.3, 0.4) is 0 Å². The minimum absolute atomic E-state index is 0.0685. The number of nitrogens with two attached hydrogens (primary N) is 1. The Bertz CT molecular complexity index is 869. The van der Waals surface area contributed by atoms with Crippen LogP contribution in [0.4, 0.5) is 0 Å². The number of primary sulfonamides is 1. The van der Waals surface area contributed by atoms with E-state index < -0.39 is 10.0 Å². The Balaban J connectivity index is 1.94. The lowest BCUT2D eigenvalue weighted by atomic mass is 10.0. The van der Waals surface area contributed by atoms with E-state index in [1.165, 1.54) is 69.9 Å². The highest BCUT2D eigenvalue weighted by molar-refractivity contribution is 7.89. The van der Waals surface area contributed by atoms with Gasteiger partial charge in [0.05, 0.1) is 11.6 Å². The van der Waals surface area contributed by atoms with Crippen molar-refractivity contribution < 1.29 is 22.7 Å². The molecule has 0 saturated carbocycles. The van der Waals surface area contributed by atoms with E-state index in [4.69, 9.17) is 37.8 Å². The molecule has 9 heteroatoms. The van der Waals surface area contributed by atoms with Crippen molar-refractivity contribution in [3.05, 3.63) is 22.2 Å². The molecule has 0 saturated heterocycles. The SMILES string of the molecule is CC(C)(C)OC(=O)CCCCCCCCCCCCCCCOc1ccc(S(N)(=O)=O)c(Cl)c1Cl. The number of hydrogen-bond acceptors (Lipinski definition) is 5. The van der Waals surface area contributed by atoms with E-state index in [1.54, 1.807) is 0 Å². The minimum Gasteiger partial charge on any atom is -0.492 e. The molecule has 0 unspecified atom stereocenters. The van der Waals surface area contributed by atoms with Gasteiger partial charge in [0.2, 0.25) is 10.0 Å². The van der Waals surface area contributed by atoms with Crippen molar-refractivity contribution in [2.75, 3.05) is 6.61 Å². The van der Waals surface area contributed by atoms with Crippen LogP contribution in [0.5, 0.6) is 5.75 Å². The van der Waals surface area contributed by atoms with E-state index in [1.807, 2.05) is 20.8 Å². The summed E-state index contributed by atoms with van der Waals surface area (Å²) in [6.45, 7) is 6.21. The molecule has 2 N–H and O–H groups in total. The normalized spacial score (nSPS) is 12.1. The zero-order chi connectivity index (χ0) is 26.3. The highest BCUT2D eigenvalue weighted by atomic mass is 35.5. The van der Waals surface area contributed by atoms with Crippen LogP contribution in [0.1, 0.15) is 111 Å². The highest BCUT2D eigenvalue weighted by Gasteiger charge is 2.18. The zero-order valence-electron chi connectivity index (χ0n) is 21.5. The standard InChI is InChI=1S/C26H43Cl2NO5S/c1-26(2,3)34-23(30)17-15-13-11-9-7-5-4-6-8-10-12-14-16-20-33-21-18-19-22(35(29,31)32)25(28)24(21)27/h18-19H,4-17,20H2,1-3H3,(H2,29,31,32). The second-order valence-electron chi connectivity index (χ2n) is 10.0. The molecule has 0 atom stereocenters. The molecule has 1 aromatic rings. The average molecular weight is 553 g/mol. The molecule has 0 bridgehead atoms. The van der Waals surface area contributed by atoms with E-state index in [0.29, 0.717) is 18.8 Å². The number of hydrogen-bond donors (Lipinski definition) is 1. The number of sulfonamides is 1. The summed E-state index contributed by atoms with van der Waals surface area (Å²) in [5, 5.41) is 5.07. The topological polar surface area (TPSA) is 95.7 Å². The number of carbonyl (C=O) groups is 1. The third-order valence-corrected chi connectivity index (χ3v) is 7.45. The second-order valence-corrected chi connectivity index (χ2v) is 12.3. The number of carbonyl (C=O) groups excluding carboxylic acids is 1. The maximum Gasteiger partial charge on any atom is 0.306 e. The summed E-state index contributed by atoms with van der Waals surface area (Å²) >= 11 is 12.1. The molecule has 0 aliphatic carbocycles. The average Bonchev–Trinajstić information content (AvgIpc) is 2.74. The van der Waals surface area contributed by atoms with Crippen molar-refractivity contribution in [2.24, 2.45) is 5.14 Å². The van der Waals surface area contributed by atoms with E-state index in [9.17, 15) is 13.2 Å². The first-order valence-electron chi connectivity index (χ1n) is 12.8. The van der Waals surface area contributed by atoms with Crippen molar-refractivity contribution in [3.8, 4) is 5.75 Å². The molecule has 35 heavy (non-hydrogen) atoms. The Morgan fingerprint density at radius 3 is 1.71 bits per heavy atom. The molecule has 202 valence electrons. The fourth-order valence-electron chi connectivity index (χ4n) is 3.74. The second kappa shape index (κ2) is 16.7. The van der Waals surface area contributed by atoms with Gasteiger partial charge in [-0.25, -0.2) is 13.6 Å². The molecule has 0 spiro atoms. The number of esters is 1. The molecule has 0 aliphatic rings. The maximum atomic E-state index is 11.7. The minimum atomic E-state index is -3.92. The van der Waals surface area contributed by atoms with Crippen molar-refractivity contribution in [1.82, 2.24) is 0 Å². The Morgan fingerprint density at radius 2 is 1.26 bits per heavy atom. The maximum absolute atomic E-state index is 11.7. The van der Waals surface area contributed by atoms with E-state index in [0.717, 1.165) is 25.7 Å². The number of unbranched alkanes of at least 4 members (excludes halogenated alkanes) is 12. The van der Waals surface area contributed by atoms with Gasteiger partial charge in [0, 0.05) is 6.42 Å². The summed E-state index contributed by atoms with van der Waals surface area (Å²) in [5.74, 6) is 0.281. The number of halogens is 2. The first-order chi connectivity index (χ1) is 16.4. The van der Waals surface area contributed by atoms with Gasteiger partial charge in [0.1, 0.15) is 21.3 Å². The van der Waals surface area contributed by atoms with E-state index >= 15 is 0 Å². The summed E-state index contributed by atoms with van der Waals surface area (Å²) in [4.78, 5) is 11.5. The van der Waals surface area contributed by atoms with Gasteiger partial charge < -0.3 is 9.47 Å². The monoisotopic (exact) mass is 551 g/mol. The molecule has 1 aromatic carbocycles. The van der Waals surface area contributed by atoms with Gasteiger partial charge in [0.25, 0.3) is 0 Å². The lowest BCUT2D eigenvalue weighted by Gasteiger charge is -2.19. The lowest BCUT2D eigenvalue weighted by Crippen LogP contribution is -2.23. The van der Waals surface area contributed by atoms with Gasteiger partial charge >= 0.3 is 5.97 Å². The number of rotatable bonds is 18. The predicted octanol–water partition coefficient (Wildman–Crippen LogP) is 7.82. The molecule has 0 aromatic heterocycles. The van der Waals surface area contributed by atoms with Crippen molar-refractivity contribution in [2.45, 2.75) is 121 Å². The summed E-state index contributed by atoms with van der Waals surface area (Å²) in [7, 11) is -3.92. The summed E-state index contributed by atoms with van der Waals surface area (Å²) in [6, 6.07) is 2.80. The Hall–Kier alpha value is -1.02. The first kappa shape index (κ1) is 32.0. The number of ether oxygens (including phenoxy) is 2. The van der Waals surface area contributed by atoms with Crippen LogP contribution in [0, 0.1) is 0 Å². The molecular formula is C26H43Cl2NO5S. The highest BCUT2D eigenvalue weighted by Crippen LogP contribution is 2.36. The van der Waals surface area contributed by atoms with Gasteiger partial charge in [-0.05, 0) is 45.7 Å². The largest absolute Gasteiger partial charge is 0.492 e. The summed E-state index contributed by atoms with van der Waals surface area (Å²) in [6.07, 6.45) is 15.7. The molecule has 0 fully saturated rings. The van der Waals surface area contributed by atoms with Crippen LogP contribution in [-0.4, -0.2) is 26.6 Å². The van der Waals surface area contributed by atoms with Crippen LogP contribution in [0.2, 0.25) is 10.0 Å². The fraction of sp³-hybridized carbons (Fsp3) is 0.731. The van der Waals surface area contributed by atoms with Crippen LogP contribution in [-0.2, 0) is 19.6 Å². The Labute approximate surface area is 222 Å². The molecule has 6 nitrogen and oxygen atoms in total. The molecule has 1 rings (SSSR count). The Kier molecular flexibility index (Phi) is 15.2. The predicted molar refractivity (Wildman–Crippen MR) is 144 cm³/mol. The quantitative estimate of drug-likeness (QED) is 0.148. The van der Waals surface area contributed by atoms with Crippen molar-refractivity contribution in [3.63, 3.8) is 0 Å². The van der Waals surface area contributed by atoms with Crippen molar-refractivity contribution >= 4 is 39.2 Å². The van der Waals surface area contributed by atoms with Gasteiger partial charge in [-0.3, -0.25) is 4.79 Å². The van der Waals surface area contributed by atoms with Gasteiger partial charge in [0.15, 0.2) is 0 Å². The van der Waals surface area contributed by atoms with Crippen molar-refractivity contribution in [1.29, 1.82) is 0 Å².